The van der Waals surface area contributed by atoms with Crippen LogP contribution in [0.4, 0.5) is 0 Å². The number of hydrogen-bond acceptors (Lipinski definition) is 3. The van der Waals surface area contributed by atoms with Gasteiger partial charge in [0.25, 0.3) is 0 Å². The van der Waals surface area contributed by atoms with Crippen LogP contribution < -0.4 is 5.32 Å². The monoisotopic (exact) mass is 270 g/mol. The number of amides is 2. The normalized spacial score (nSPS) is 29.6. The van der Waals surface area contributed by atoms with Crippen LogP contribution in [0.15, 0.2) is 0 Å². The Morgan fingerprint density at radius 3 is 2.37 bits per heavy atom. The highest BCUT2D eigenvalue weighted by Gasteiger charge is 2.49. The molecule has 1 fully saturated rings. The number of carbonyl (C=O) groups is 2. The third-order valence-electron chi connectivity index (χ3n) is 3.90. The van der Waals surface area contributed by atoms with Gasteiger partial charge in [-0.15, -0.1) is 0 Å². The Hall–Kier alpha value is -1.10. The van der Waals surface area contributed by atoms with Crippen molar-refractivity contribution >= 4 is 11.8 Å². The Bertz CT molecular complexity index is 357. The van der Waals surface area contributed by atoms with E-state index in [1.54, 1.807) is 18.9 Å². The Balaban J connectivity index is 3.14. The van der Waals surface area contributed by atoms with Crippen molar-refractivity contribution in [3.8, 4) is 0 Å². The van der Waals surface area contributed by atoms with Gasteiger partial charge in [0.2, 0.25) is 11.8 Å². The zero-order chi connectivity index (χ0) is 14.8. The van der Waals surface area contributed by atoms with Crippen molar-refractivity contribution in [3.05, 3.63) is 0 Å². The van der Waals surface area contributed by atoms with Crippen molar-refractivity contribution in [1.82, 2.24) is 10.2 Å². The molecule has 3 atom stereocenters. The zero-order valence-electron chi connectivity index (χ0n) is 12.8. The molecule has 0 aromatic carbocycles. The lowest BCUT2D eigenvalue weighted by molar-refractivity contribution is -0.160. The molecule has 0 aromatic rings. The van der Waals surface area contributed by atoms with Crippen LogP contribution in [0, 0.1) is 5.92 Å². The van der Waals surface area contributed by atoms with Crippen molar-refractivity contribution in [3.63, 3.8) is 0 Å². The number of hydrogen-bond donors (Lipinski definition) is 1. The van der Waals surface area contributed by atoms with Crippen LogP contribution in [0.1, 0.15) is 41.0 Å². The largest absolute Gasteiger partial charge is 0.383 e. The first-order chi connectivity index (χ1) is 8.78. The first kappa shape index (κ1) is 16.0. The van der Waals surface area contributed by atoms with Crippen LogP contribution in [0.2, 0.25) is 0 Å². The number of ether oxygens (including phenoxy) is 1. The summed E-state index contributed by atoms with van der Waals surface area (Å²) in [6.07, 6.45) is 0.582. The van der Waals surface area contributed by atoms with Crippen LogP contribution in [0.3, 0.4) is 0 Å². The Labute approximate surface area is 115 Å². The van der Waals surface area contributed by atoms with Gasteiger partial charge in [0.1, 0.15) is 11.6 Å². The molecular weight excluding hydrogens is 244 g/mol. The molecule has 2 amide bonds. The van der Waals surface area contributed by atoms with Crippen LogP contribution in [0.25, 0.3) is 0 Å². The highest BCUT2D eigenvalue weighted by Crippen LogP contribution is 2.27. The van der Waals surface area contributed by atoms with Gasteiger partial charge < -0.3 is 15.0 Å². The quantitative estimate of drug-likeness (QED) is 0.816. The van der Waals surface area contributed by atoms with Gasteiger partial charge in [0, 0.05) is 7.11 Å². The van der Waals surface area contributed by atoms with E-state index in [0.29, 0.717) is 13.0 Å². The molecule has 0 saturated carbocycles. The highest BCUT2D eigenvalue weighted by molar-refractivity contribution is 5.99. The van der Waals surface area contributed by atoms with E-state index in [1.165, 1.54) is 0 Å². The first-order valence-corrected chi connectivity index (χ1v) is 6.92. The summed E-state index contributed by atoms with van der Waals surface area (Å²) < 4.78 is 5.14. The lowest BCUT2D eigenvalue weighted by atomic mass is 9.87. The summed E-state index contributed by atoms with van der Waals surface area (Å²) in [7, 11) is 1.61. The number of rotatable bonds is 5. The second-order valence-corrected chi connectivity index (χ2v) is 5.88. The fourth-order valence-corrected chi connectivity index (χ4v) is 2.60. The molecule has 1 aliphatic heterocycles. The van der Waals surface area contributed by atoms with Crippen LogP contribution in [-0.4, -0.2) is 48.1 Å². The third-order valence-corrected chi connectivity index (χ3v) is 3.90. The number of piperazine rings is 1. The summed E-state index contributed by atoms with van der Waals surface area (Å²) in [6.45, 7) is 9.97. The van der Waals surface area contributed by atoms with Gasteiger partial charge >= 0.3 is 0 Å². The highest BCUT2D eigenvalue weighted by atomic mass is 16.5. The Kier molecular flexibility index (Phi) is 4.96. The van der Waals surface area contributed by atoms with E-state index < -0.39 is 11.6 Å². The van der Waals surface area contributed by atoms with Gasteiger partial charge in [-0.1, -0.05) is 20.8 Å². The van der Waals surface area contributed by atoms with Crippen molar-refractivity contribution in [2.75, 3.05) is 13.7 Å². The van der Waals surface area contributed by atoms with E-state index in [0.717, 1.165) is 0 Å². The van der Waals surface area contributed by atoms with Gasteiger partial charge in [-0.05, 0) is 26.2 Å². The van der Waals surface area contributed by atoms with Gasteiger partial charge in [-0.25, -0.2) is 0 Å². The molecule has 0 bridgehead atoms. The van der Waals surface area contributed by atoms with E-state index in [4.69, 9.17) is 4.74 Å². The molecule has 3 unspecified atom stereocenters. The molecule has 1 rings (SSSR count). The summed E-state index contributed by atoms with van der Waals surface area (Å²) >= 11 is 0. The van der Waals surface area contributed by atoms with E-state index >= 15 is 0 Å². The van der Waals surface area contributed by atoms with Crippen molar-refractivity contribution in [2.24, 2.45) is 5.92 Å². The summed E-state index contributed by atoms with van der Waals surface area (Å²) in [5.41, 5.74) is -0.801. The predicted molar refractivity (Wildman–Crippen MR) is 73.6 cm³/mol. The van der Waals surface area contributed by atoms with Crippen LogP contribution >= 0.6 is 0 Å². The molecule has 0 radical (unpaired) electrons. The smallest absolute Gasteiger partial charge is 0.249 e. The summed E-state index contributed by atoms with van der Waals surface area (Å²) in [4.78, 5) is 26.7. The van der Waals surface area contributed by atoms with Crippen LogP contribution in [-0.2, 0) is 14.3 Å². The van der Waals surface area contributed by atoms with Crippen molar-refractivity contribution < 1.29 is 14.3 Å². The maximum absolute atomic E-state index is 12.7. The number of carbonyl (C=O) groups excluding carboxylic acids is 2. The first-order valence-electron chi connectivity index (χ1n) is 6.92. The minimum atomic E-state index is -0.801. The Morgan fingerprint density at radius 1 is 1.37 bits per heavy atom. The second kappa shape index (κ2) is 5.90. The molecule has 1 aliphatic rings. The molecule has 19 heavy (non-hydrogen) atoms. The SMILES string of the molecule is CCC1(C)NC(=O)C(C(C)C)N(C(C)COC)C1=O. The van der Waals surface area contributed by atoms with Crippen molar-refractivity contribution in [1.29, 1.82) is 0 Å². The number of methoxy groups -OCH3 is 1. The fourth-order valence-electron chi connectivity index (χ4n) is 2.60. The average Bonchev–Trinajstić information content (AvgIpc) is 2.33. The molecule has 110 valence electrons. The summed E-state index contributed by atoms with van der Waals surface area (Å²) in [6, 6.07) is -0.529. The molecule has 0 spiro atoms. The topological polar surface area (TPSA) is 58.6 Å². The molecule has 0 aliphatic carbocycles. The zero-order valence-corrected chi connectivity index (χ0v) is 12.8. The predicted octanol–water partition coefficient (Wildman–Crippen LogP) is 1.17. The maximum Gasteiger partial charge on any atom is 0.249 e. The summed E-state index contributed by atoms with van der Waals surface area (Å²) in [5.74, 6) is -0.00980. The average molecular weight is 270 g/mol. The minimum Gasteiger partial charge on any atom is -0.383 e. The Morgan fingerprint density at radius 2 is 1.95 bits per heavy atom. The molecule has 1 N–H and O–H groups in total. The molecular formula is C14H26N2O3. The number of nitrogens with zero attached hydrogens (tertiary/aromatic N) is 1. The minimum absolute atomic E-state index is 0.0159. The van der Waals surface area contributed by atoms with E-state index in [2.05, 4.69) is 5.32 Å². The molecule has 1 saturated heterocycles. The van der Waals surface area contributed by atoms with Crippen molar-refractivity contribution in [2.45, 2.75) is 58.7 Å². The van der Waals surface area contributed by atoms with E-state index in [9.17, 15) is 9.59 Å². The standard InChI is InChI=1S/C14H26N2O3/c1-7-14(5)13(18)16(10(4)8-19-6)11(9(2)3)12(17)15-14/h9-11H,7-8H2,1-6H3,(H,15,17). The third kappa shape index (κ3) is 2.91. The lowest BCUT2D eigenvalue weighted by Crippen LogP contribution is -2.72. The molecule has 5 heteroatoms. The number of nitrogens with one attached hydrogen (secondary N) is 1. The molecule has 5 nitrogen and oxygen atoms in total. The maximum atomic E-state index is 12.7. The van der Waals surface area contributed by atoms with Crippen LogP contribution in [0.5, 0.6) is 0 Å². The fraction of sp³-hybridized carbons (Fsp3) is 0.857. The van der Waals surface area contributed by atoms with Gasteiger partial charge in [-0.2, -0.15) is 0 Å². The lowest BCUT2D eigenvalue weighted by Gasteiger charge is -2.47. The van der Waals surface area contributed by atoms with E-state index in [-0.39, 0.29) is 23.8 Å². The van der Waals surface area contributed by atoms with Gasteiger partial charge in [-0.3, -0.25) is 9.59 Å². The second-order valence-electron chi connectivity index (χ2n) is 5.88. The summed E-state index contributed by atoms with van der Waals surface area (Å²) in [5, 5.41) is 2.88. The molecule has 1 heterocycles. The van der Waals surface area contributed by atoms with Gasteiger partial charge in [0.05, 0.1) is 12.6 Å². The van der Waals surface area contributed by atoms with E-state index in [1.807, 2.05) is 27.7 Å². The molecule has 0 aromatic heterocycles. The van der Waals surface area contributed by atoms with Gasteiger partial charge in [0.15, 0.2) is 0 Å².